The molecule has 3 aliphatic rings. The van der Waals surface area contributed by atoms with Crippen LogP contribution < -0.4 is 10.0 Å². The smallest absolute Gasteiger partial charge is 0.243 e. The molecule has 1 atom stereocenters. The lowest BCUT2D eigenvalue weighted by molar-refractivity contribution is 0.346. The van der Waals surface area contributed by atoms with Crippen LogP contribution in [0.5, 0.6) is 0 Å². The van der Waals surface area contributed by atoms with Crippen LogP contribution in [0.2, 0.25) is 0 Å². The quantitative estimate of drug-likeness (QED) is 0.802. The van der Waals surface area contributed by atoms with Crippen LogP contribution in [0.1, 0.15) is 44.9 Å². The first kappa shape index (κ1) is 16.7. The van der Waals surface area contributed by atoms with Crippen LogP contribution in [0.25, 0.3) is 0 Å². The molecule has 2 heterocycles. The molecular formula is C17H25N3O2S2. The average molecular weight is 368 g/mol. The summed E-state index contributed by atoms with van der Waals surface area (Å²) in [5.74, 6) is 0.669. The van der Waals surface area contributed by atoms with Crippen LogP contribution in [0.15, 0.2) is 28.0 Å². The molecule has 0 radical (unpaired) electrons. The van der Waals surface area contributed by atoms with Crippen molar-refractivity contribution in [1.82, 2.24) is 9.03 Å². The Hall–Kier alpha value is -0.760. The molecule has 1 aliphatic carbocycles. The number of benzene rings is 1. The predicted octanol–water partition coefficient (Wildman–Crippen LogP) is 3.40. The Morgan fingerprint density at radius 3 is 2.54 bits per heavy atom. The highest BCUT2D eigenvalue weighted by Gasteiger charge is 2.30. The first-order valence-electron chi connectivity index (χ1n) is 8.98. The summed E-state index contributed by atoms with van der Waals surface area (Å²) in [5, 5.41) is 3.56. The van der Waals surface area contributed by atoms with Crippen molar-refractivity contribution in [3.8, 4) is 0 Å². The van der Waals surface area contributed by atoms with Gasteiger partial charge >= 0.3 is 0 Å². The van der Waals surface area contributed by atoms with Crippen LogP contribution in [-0.2, 0) is 10.0 Å². The van der Waals surface area contributed by atoms with Gasteiger partial charge in [-0.25, -0.2) is 13.1 Å². The summed E-state index contributed by atoms with van der Waals surface area (Å²) in [7, 11) is -3.36. The minimum Gasteiger partial charge on any atom is -0.368 e. The second kappa shape index (κ2) is 6.86. The van der Waals surface area contributed by atoms with Gasteiger partial charge in [0.15, 0.2) is 0 Å². The SMILES string of the molecule is O=S(=O)(c1ccc2c(c1)SNC(C1CCCC1)N2)N1CCCCC1. The molecule has 7 heteroatoms. The minimum absolute atomic E-state index is 0.287. The van der Waals surface area contributed by atoms with Crippen molar-refractivity contribution < 1.29 is 8.42 Å². The van der Waals surface area contributed by atoms with Gasteiger partial charge < -0.3 is 5.32 Å². The van der Waals surface area contributed by atoms with Gasteiger partial charge in [0, 0.05) is 18.0 Å². The van der Waals surface area contributed by atoms with Gasteiger partial charge in [-0.05, 0) is 61.7 Å². The van der Waals surface area contributed by atoms with E-state index in [4.69, 9.17) is 0 Å². The summed E-state index contributed by atoms with van der Waals surface area (Å²) in [6.07, 6.45) is 8.50. The van der Waals surface area contributed by atoms with Crippen molar-refractivity contribution in [3.05, 3.63) is 18.2 Å². The maximum absolute atomic E-state index is 12.8. The van der Waals surface area contributed by atoms with E-state index in [0.717, 1.165) is 29.8 Å². The van der Waals surface area contributed by atoms with E-state index >= 15 is 0 Å². The minimum atomic E-state index is -3.36. The van der Waals surface area contributed by atoms with Crippen LogP contribution in [0, 0.1) is 5.92 Å². The molecule has 24 heavy (non-hydrogen) atoms. The first-order chi connectivity index (χ1) is 11.6. The molecule has 4 rings (SSSR count). The molecule has 0 amide bonds. The van der Waals surface area contributed by atoms with Gasteiger partial charge in [0.1, 0.15) is 0 Å². The average Bonchev–Trinajstić information content (AvgIpc) is 3.16. The summed E-state index contributed by atoms with van der Waals surface area (Å²) < 4.78 is 30.8. The maximum Gasteiger partial charge on any atom is 0.243 e. The topological polar surface area (TPSA) is 61.4 Å². The lowest BCUT2D eigenvalue weighted by Gasteiger charge is -2.32. The second-order valence-corrected chi connectivity index (χ2v) is 9.83. The highest BCUT2D eigenvalue weighted by molar-refractivity contribution is 7.97. The van der Waals surface area contributed by atoms with E-state index in [2.05, 4.69) is 10.0 Å². The standard InChI is InChI=1S/C17H25N3O2S2/c21-24(22,20-10-4-1-5-11-20)14-8-9-15-16(12-14)23-19-17(18-15)13-6-2-3-7-13/h8-9,12-13,17-19H,1-7,10-11H2. The fourth-order valence-electron chi connectivity index (χ4n) is 3.95. The van der Waals surface area contributed by atoms with Gasteiger partial charge in [0.25, 0.3) is 0 Å². The first-order valence-corrected chi connectivity index (χ1v) is 11.2. The molecule has 1 unspecified atom stereocenters. The highest BCUT2D eigenvalue weighted by Crippen LogP contribution is 2.37. The fourth-order valence-corrected chi connectivity index (χ4v) is 6.50. The Bertz CT molecular complexity index is 696. The zero-order chi connectivity index (χ0) is 16.6. The molecule has 0 bridgehead atoms. The predicted molar refractivity (Wildman–Crippen MR) is 97.4 cm³/mol. The van der Waals surface area contributed by atoms with Crippen LogP contribution >= 0.6 is 11.9 Å². The molecule has 1 saturated heterocycles. The maximum atomic E-state index is 12.8. The van der Waals surface area contributed by atoms with E-state index in [1.165, 1.54) is 25.7 Å². The second-order valence-electron chi connectivity index (χ2n) is 7.01. The number of piperidine rings is 1. The zero-order valence-electron chi connectivity index (χ0n) is 13.8. The third-order valence-corrected chi connectivity index (χ3v) is 8.21. The number of rotatable bonds is 3. The lowest BCUT2D eigenvalue weighted by Crippen LogP contribution is -2.40. The van der Waals surface area contributed by atoms with E-state index in [9.17, 15) is 8.42 Å². The fraction of sp³-hybridized carbons (Fsp3) is 0.647. The molecule has 132 valence electrons. The molecular weight excluding hydrogens is 342 g/mol. The number of fused-ring (bicyclic) bond motifs is 1. The largest absolute Gasteiger partial charge is 0.368 e. The number of nitrogens with one attached hydrogen (secondary N) is 2. The number of anilines is 1. The van der Waals surface area contributed by atoms with Gasteiger partial charge in [-0.3, -0.25) is 0 Å². The van der Waals surface area contributed by atoms with Crippen molar-refractivity contribution in [2.75, 3.05) is 18.4 Å². The summed E-state index contributed by atoms with van der Waals surface area (Å²) in [4.78, 5) is 1.39. The number of sulfonamides is 1. The molecule has 2 fully saturated rings. The van der Waals surface area contributed by atoms with E-state index in [1.54, 1.807) is 22.3 Å². The summed E-state index contributed by atoms with van der Waals surface area (Å²) in [6, 6.07) is 5.50. The third-order valence-electron chi connectivity index (χ3n) is 5.38. The molecule has 1 saturated carbocycles. The Balaban J connectivity index is 1.53. The molecule has 2 N–H and O–H groups in total. The van der Waals surface area contributed by atoms with Crippen molar-refractivity contribution in [1.29, 1.82) is 0 Å². The van der Waals surface area contributed by atoms with Gasteiger partial charge in [-0.15, -0.1) is 0 Å². The molecule has 1 aromatic rings. The van der Waals surface area contributed by atoms with Crippen molar-refractivity contribution in [2.24, 2.45) is 5.92 Å². The Labute approximate surface area is 148 Å². The van der Waals surface area contributed by atoms with Gasteiger partial charge in [0.05, 0.1) is 16.7 Å². The van der Waals surface area contributed by atoms with Gasteiger partial charge in [-0.2, -0.15) is 4.31 Å². The molecule has 1 aromatic carbocycles. The Morgan fingerprint density at radius 1 is 1.04 bits per heavy atom. The summed E-state index contributed by atoms with van der Waals surface area (Å²) >= 11 is 1.57. The Morgan fingerprint density at radius 2 is 1.79 bits per heavy atom. The normalized spacial score (nSPS) is 26.1. The number of hydrogen-bond acceptors (Lipinski definition) is 5. The number of nitrogens with zero attached hydrogens (tertiary/aromatic N) is 1. The van der Waals surface area contributed by atoms with Crippen LogP contribution in [0.4, 0.5) is 5.69 Å². The zero-order valence-corrected chi connectivity index (χ0v) is 15.5. The number of hydrogen-bond donors (Lipinski definition) is 2. The summed E-state index contributed by atoms with van der Waals surface area (Å²) in [6.45, 7) is 1.29. The van der Waals surface area contributed by atoms with E-state index < -0.39 is 10.0 Å². The van der Waals surface area contributed by atoms with Crippen LogP contribution in [-0.4, -0.2) is 32.0 Å². The van der Waals surface area contributed by atoms with Gasteiger partial charge in [-0.1, -0.05) is 19.3 Å². The monoisotopic (exact) mass is 367 g/mol. The van der Waals surface area contributed by atoms with Crippen molar-refractivity contribution in [2.45, 2.75) is 60.9 Å². The third kappa shape index (κ3) is 3.19. The van der Waals surface area contributed by atoms with Crippen LogP contribution in [0.3, 0.4) is 0 Å². The summed E-state index contributed by atoms with van der Waals surface area (Å²) in [5.41, 5.74) is 1.05. The van der Waals surface area contributed by atoms with E-state index in [-0.39, 0.29) is 6.17 Å². The van der Waals surface area contributed by atoms with E-state index in [0.29, 0.717) is 23.9 Å². The molecule has 2 aliphatic heterocycles. The van der Waals surface area contributed by atoms with Crippen molar-refractivity contribution in [3.63, 3.8) is 0 Å². The molecule has 5 nitrogen and oxygen atoms in total. The van der Waals surface area contributed by atoms with Gasteiger partial charge in [0.2, 0.25) is 10.0 Å². The molecule has 0 spiro atoms. The van der Waals surface area contributed by atoms with E-state index in [1.807, 2.05) is 12.1 Å². The molecule has 0 aromatic heterocycles. The lowest BCUT2D eigenvalue weighted by atomic mass is 10.0. The Kier molecular flexibility index (Phi) is 4.77. The highest BCUT2D eigenvalue weighted by atomic mass is 32.2. The van der Waals surface area contributed by atoms with Crippen molar-refractivity contribution >= 4 is 27.7 Å².